The van der Waals surface area contributed by atoms with Crippen molar-refractivity contribution in [1.82, 2.24) is 0 Å². The molecule has 98 valence electrons. The summed E-state index contributed by atoms with van der Waals surface area (Å²) in [6.07, 6.45) is 0.546. The summed E-state index contributed by atoms with van der Waals surface area (Å²) < 4.78 is 5.72. The van der Waals surface area contributed by atoms with Gasteiger partial charge in [0.15, 0.2) is 5.78 Å². The lowest BCUT2D eigenvalue weighted by Gasteiger charge is -2.40. The molecule has 2 rings (SSSR count). The van der Waals surface area contributed by atoms with E-state index in [0.29, 0.717) is 13.0 Å². The Kier molecular flexibility index (Phi) is 3.71. The second-order valence-corrected chi connectivity index (χ2v) is 5.32. The highest BCUT2D eigenvalue weighted by Gasteiger charge is 2.28. The van der Waals surface area contributed by atoms with Crippen molar-refractivity contribution < 1.29 is 9.53 Å². The van der Waals surface area contributed by atoms with Crippen molar-refractivity contribution in [2.75, 3.05) is 24.6 Å². The van der Waals surface area contributed by atoms with Crippen molar-refractivity contribution >= 4 is 11.5 Å². The van der Waals surface area contributed by atoms with Gasteiger partial charge in [-0.1, -0.05) is 19.1 Å². The van der Waals surface area contributed by atoms with E-state index in [1.807, 2.05) is 31.2 Å². The van der Waals surface area contributed by atoms with E-state index in [2.05, 4.69) is 18.7 Å². The largest absolute Gasteiger partial charge is 0.372 e. The highest BCUT2D eigenvalue weighted by molar-refractivity contribution is 6.01. The molecule has 0 aliphatic carbocycles. The molecule has 1 heterocycles. The number of carbonyl (C=O) groups excluding carboxylic acids is 1. The number of nitrogens with zero attached hydrogens (tertiary/aromatic N) is 1. The molecule has 1 saturated heterocycles. The van der Waals surface area contributed by atoms with Crippen molar-refractivity contribution in [1.29, 1.82) is 0 Å². The van der Waals surface area contributed by atoms with E-state index >= 15 is 0 Å². The van der Waals surface area contributed by atoms with Crippen molar-refractivity contribution in [2.24, 2.45) is 0 Å². The standard InChI is InChI=1S/C15H21NO2/c1-4-14(17)12-7-5-6-8-13(12)16-9-10-18-15(2,3)11-16/h5-8H,4,9-11H2,1-3H3. The van der Waals surface area contributed by atoms with Gasteiger partial charge in [-0.2, -0.15) is 0 Å². The molecule has 0 unspecified atom stereocenters. The Morgan fingerprint density at radius 1 is 1.39 bits per heavy atom. The summed E-state index contributed by atoms with van der Waals surface area (Å²) in [6.45, 7) is 8.45. The summed E-state index contributed by atoms with van der Waals surface area (Å²) in [5.41, 5.74) is 1.72. The fraction of sp³-hybridized carbons (Fsp3) is 0.533. The molecule has 1 aliphatic rings. The number of hydrogen-bond donors (Lipinski definition) is 0. The highest BCUT2D eigenvalue weighted by Crippen LogP contribution is 2.26. The molecular formula is C15H21NO2. The predicted octanol–water partition coefficient (Wildman–Crippen LogP) is 2.89. The van der Waals surface area contributed by atoms with Crippen LogP contribution in [0, 0.1) is 0 Å². The van der Waals surface area contributed by atoms with Crippen molar-refractivity contribution in [3.63, 3.8) is 0 Å². The Balaban J connectivity index is 2.30. The number of rotatable bonds is 3. The van der Waals surface area contributed by atoms with Gasteiger partial charge in [-0.15, -0.1) is 0 Å². The van der Waals surface area contributed by atoms with E-state index in [0.717, 1.165) is 24.3 Å². The minimum Gasteiger partial charge on any atom is -0.372 e. The third-order valence-corrected chi connectivity index (χ3v) is 3.29. The number of morpholine rings is 1. The van der Waals surface area contributed by atoms with Gasteiger partial charge in [-0.25, -0.2) is 0 Å². The Bertz CT molecular complexity index is 440. The van der Waals surface area contributed by atoms with Crippen LogP contribution in [-0.2, 0) is 4.74 Å². The number of carbonyl (C=O) groups is 1. The van der Waals surface area contributed by atoms with Crippen molar-refractivity contribution in [2.45, 2.75) is 32.8 Å². The summed E-state index contributed by atoms with van der Waals surface area (Å²) in [7, 11) is 0. The molecule has 0 saturated carbocycles. The second-order valence-electron chi connectivity index (χ2n) is 5.32. The zero-order valence-electron chi connectivity index (χ0n) is 11.4. The van der Waals surface area contributed by atoms with E-state index < -0.39 is 0 Å². The van der Waals surface area contributed by atoms with Crippen LogP contribution in [0.4, 0.5) is 5.69 Å². The average molecular weight is 247 g/mol. The summed E-state index contributed by atoms with van der Waals surface area (Å²) in [4.78, 5) is 14.2. The molecule has 1 aliphatic heterocycles. The normalized spacial score (nSPS) is 18.7. The molecule has 0 aromatic heterocycles. The first-order valence-corrected chi connectivity index (χ1v) is 6.54. The first kappa shape index (κ1) is 13.1. The Labute approximate surface area is 109 Å². The van der Waals surface area contributed by atoms with Gasteiger partial charge in [-0.05, 0) is 26.0 Å². The van der Waals surface area contributed by atoms with E-state index in [9.17, 15) is 4.79 Å². The van der Waals surface area contributed by atoms with Gasteiger partial charge in [0.05, 0.1) is 12.2 Å². The maximum absolute atomic E-state index is 12.0. The third kappa shape index (κ3) is 2.72. The number of hydrogen-bond acceptors (Lipinski definition) is 3. The van der Waals surface area contributed by atoms with Crippen LogP contribution in [0.15, 0.2) is 24.3 Å². The van der Waals surface area contributed by atoms with Crippen molar-refractivity contribution in [3.8, 4) is 0 Å². The van der Waals surface area contributed by atoms with Gasteiger partial charge in [-0.3, -0.25) is 4.79 Å². The lowest BCUT2D eigenvalue weighted by molar-refractivity contribution is -0.0277. The topological polar surface area (TPSA) is 29.5 Å². The van der Waals surface area contributed by atoms with Crippen LogP contribution in [0.25, 0.3) is 0 Å². The van der Waals surface area contributed by atoms with E-state index in [4.69, 9.17) is 4.74 Å². The monoisotopic (exact) mass is 247 g/mol. The molecule has 3 heteroatoms. The number of anilines is 1. The molecule has 1 fully saturated rings. The molecule has 0 radical (unpaired) electrons. The minimum absolute atomic E-state index is 0.152. The second kappa shape index (κ2) is 5.11. The maximum Gasteiger partial charge on any atom is 0.164 e. The average Bonchev–Trinajstić information content (AvgIpc) is 2.36. The van der Waals surface area contributed by atoms with E-state index in [1.54, 1.807) is 0 Å². The first-order valence-electron chi connectivity index (χ1n) is 6.54. The van der Waals surface area contributed by atoms with Crippen LogP contribution in [0.1, 0.15) is 37.6 Å². The number of Topliss-reactive ketones (excluding diaryl/α,β-unsaturated/α-hetero) is 1. The molecule has 1 aromatic carbocycles. The van der Waals surface area contributed by atoms with Gasteiger partial charge in [0.2, 0.25) is 0 Å². The molecule has 3 nitrogen and oxygen atoms in total. The Hall–Kier alpha value is -1.35. The SMILES string of the molecule is CCC(=O)c1ccccc1N1CCOC(C)(C)C1. The smallest absolute Gasteiger partial charge is 0.164 e. The minimum atomic E-state index is -0.152. The van der Waals surface area contributed by atoms with Crippen LogP contribution in [0.3, 0.4) is 0 Å². The molecule has 0 N–H and O–H groups in total. The number of ketones is 1. The quantitative estimate of drug-likeness (QED) is 0.769. The first-order chi connectivity index (χ1) is 8.53. The summed E-state index contributed by atoms with van der Waals surface area (Å²) in [5.74, 6) is 0.204. The van der Waals surface area contributed by atoms with Gasteiger partial charge in [0.25, 0.3) is 0 Å². The molecule has 0 amide bonds. The lowest BCUT2D eigenvalue weighted by atomic mass is 10.0. The molecule has 0 atom stereocenters. The van der Waals surface area contributed by atoms with E-state index in [-0.39, 0.29) is 11.4 Å². The summed E-state index contributed by atoms with van der Waals surface area (Å²) in [6, 6.07) is 7.87. The Morgan fingerprint density at radius 2 is 2.11 bits per heavy atom. The lowest BCUT2D eigenvalue weighted by Crippen LogP contribution is -2.48. The van der Waals surface area contributed by atoms with Crippen LogP contribution in [0.5, 0.6) is 0 Å². The van der Waals surface area contributed by atoms with Crippen molar-refractivity contribution in [3.05, 3.63) is 29.8 Å². The Morgan fingerprint density at radius 3 is 2.78 bits per heavy atom. The molecule has 18 heavy (non-hydrogen) atoms. The predicted molar refractivity (Wildman–Crippen MR) is 73.3 cm³/mol. The van der Waals surface area contributed by atoms with Crippen LogP contribution < -0.4 is 4.90 Å². The molecule has 1 aromatic rings. The van der Waals surface area contributed by atoms with E-state index in [1.165, 1.54) is 0 Å². The molecule has 0 bridgehead atoms. The van der Waals surface area contributed by atoms with Gasteiger partial charge >= 0.3 is 0 Å². The maximum atomic E-state index is 12.0. The number of benzene rings is 1. The fourth-order valence-corrected chi connectivity index (χ4v) is 2.40. The zero-order chi connectivity index (χ0) is 13.2. The fourth-order valence-electron chi connectivity index (χ4n) is 2.40. The highest BCUT2D eigenvalue weighted by atomic mass is 16.5. The van der Waals surface area contributed by atoms with Crippen LogP contribution in [0.2, 0.25) is 0 Å². The molecular weight excluding hydrogens is 226 g/mol. The number of ether oxygens (including phenoxy) is 1. The van der Waals surface area contributed by atoms with Gasteiger partial charge in [0, 0.05) is 30.8 Å². The van der Waals surface area contributed by atoms with Gasteiger partial charge in [0.1, 0.15) is 0 Å². The zero-order valence-corrected chi connectivity index (χ0v) is 11.4. The summed E-state index contributed by atoms with van der Waals surface area (Å²) >= 11 is 0. The van der Waals surface area contributed by atoms with Crippen LogP contribution in [-0.4, -0.2) is 31.1 Å². The van der Waals surface area contributed by atoms with Crippen LogP contribution >= 0.6 is 0 Å². The molecule has 0 spiro atoms. The number of para-hydroxylation sites is 1. The van der Waals surface area contributed by atoms with Gasteiger partial charge < -0.3 is 9.64 Å². The third-order valence-electron chi connectivity index (χ3n) is 3.29. The summed E-state index contributed by atoms with van der Waals surface area (Å²) in [5, 5.41) is 0.